The number of unbranched alkanes of at least 4 members (excludes halogenated alkanes) is 1. The summed E-state index contributed by atoms with van der Waals surface area (Å²) >= 11 is 3.45. The first kappa shape index (κ1) is 32.1. The van der Waals surface area contributed by atoms with Crippen LogP contribution < -0.4 is 11.1 Å². The number of esters is 1. The van der Waals surface area contributed by atoms with E-state index in [1.54, 1.807) is 33.4 Å². The lowest BCUT2D eigenvalue weighted by atomic mass is 10.1. The van der Waals surface area contributed by atoms with Crippen LogP contribution in [-0.4, -0.2) is 60.7 Å². The Morgan fingerprint density at radius 3 is 1.82 bits per heavy atom. The Hall–Kier alpha value is -3.35. The highest BCUT2D eigenvalue weighted by molar-refractivity contribution is 9.10. The molecular weight excluding hydrogens is 632 g/mol. The van der Waals surface area contributed by atoms with Gasteiger partial charge in [-0.1, -0.05) is 41.4 Å². The molecular formula is C33H37BrN2O8. The highest BCUT2D eigenvalue weighted by Crippen LogP contribution is 2.23. The van der Waals surface area contributed by atoms with Crippen LogP contribution in [0.1, 0.15) is 41.3 Å². The monoisotopic (exact) mass is 668 g/mol. The van der Waals surface area contributed by atoms with E-state index in [2.05, 4.69) is 15.9 Å². The molecule has 11 heteroatoms. The Labute approximate surface area is 263 Å². The van der Waals surface area contributed by atoms with Crippen molar-refractivity contribution in [3.05, 3.63) is 90.4 Å². The Bertz CT molecular complexity index is 1750. The first-order valence-corrected chi connectivity index (χ1v) is 15.6. The van der Waals surface area contributed by atoms with Gasteiger partial charge in [-0.05, 0) is 55.7 Å². The van der Waals surface area contributed by atoms with E-state index in [0.717, 1.165) is 44.7 Å². The van der Waals surface area contributed by atoms with Gasteiger partial charge in [0.25, 0.3) is 11.1 Å². The van der Waals surface area contributed by atoms with Gasteiger partial charge in [-0.25, -0.2) is 4.79 Å². The molecule has 44 heavy (non-hydrogen) atoms. The first-order chi connectivity index (χ1) is 21.2. The van der Waals surface area contributed by atoms with Crippen LogP contribution in [0.2, 0.25) is 0 Å². The van der Waals surface area contributed by atoms with E-state index in [0.29, 0.717) is 57.2 Å². The van der Waals surface area contributed by atoms with Gasteiger partial charge in [-0.2, -0.15) is 0 Å². The Morgan fingerprint density at radius 2 is 1.30 bits per heavy atom. The number of hydrogen-bond acceptors (Lipinski definition) is 8. The molecule has 2 aliphatic rings. The van der Waals surface area contributed by atoms with E-state index in [9.17, 15) is 14.4 Å². The summed E-state index contributed by atoms with van der Waals surface area (Å²) in [6.07, 6.45) is 1.02. The van der Waals surface area contributed by atoms with Crippen molar-refractivity contribution in [2.45, 2.75) is 59.3 Å². The number of aryl methyl sites for hydroxylation is 2. The number of carbonyl (C=O) groups is 1. The average Bonchev–Trinajstić information content (AvgIpc) is 3.72. The maximum absolute atomic E-state index is 12.5. The van der Waals surface area contributed by atoms with Gasteiger partial charge in [0.2, 0.25) is 0 Å². The molecule has 234 valence electrons. The second-order valence-corrected chi connectivity index (χ2v) is 11.7. The van der Waals surface area contributed by atoms with Crippen molar-refractivity contribution in [1.29, 1.82) is 0 Å². The Balaban J connectivity index is 0.000000181. The van der Waals surface area contributed by atoms with Gasteiger partial charge < -0.3 is 32.8 Å². The van der Waals surface area contributed by atoms with Crippen molar-refractivity contribution < 1.29 is 28.5 Å². The fourth-order valence-corrected chi connectivity index (χ4v) is 5.64. The van der Waals surface area contributed by atoms with Crippen LogP contribution >= 0.6 is 15.9 Å². The third-order valence-corrected chi connectivity index (χ3v) is 8.11. The fraction of sp³-hybridized carbons (Fsp3) is 0.424. The number of benzene rings is 2. The minimum Gasteiger partial charge on any atom is -0.462 e. The molecule has 0 aliphatic carbocycles. The van der Waals surface area contributed by atoms with Crippen LogP contribution in [0.25, 0.3) is 21.8 Å². The Morgan fingerprint density at radius 1 is 0.795 bits per heavy atom. The van der Waals surface area contributed by atoms with E-state index in [4.69, 9.17) is 23.7 Å². The molecule has 0 spiro atoms. The second kappa shape index (κ2) is 14.6. The molecule has 2 aliphatic heterocycles. The summed E-state index contributed by atoms with van der Waals surface area (Å²) in [5.74, 6) is -0.371. The number of hydrogen-bond donors (Lipinski definition) is 0. The molecule has 4 aromatic rings. The summed E-state index contributed by atoms with van der Waals surface area (Å²) in [5, 5.41) is 1.99. The zero-order valence-electron chi connectivity index (χ0n) is 25.2. The van der Waals surface area contributed by atoms with Crippen LogP contribution in [0, 0.1) is 13.8 Å². The third kappa shape index (κ3) is 7.47. The van der Waals surface area contributed by atoms with Gasteiger partial charge in [0.15, 0.2) is 12.6 Å². The van der Waals surface area contributed by atoms with Gasteiger partial charge in [-0.3, -0.25) is 9.59 Å². The number of aromatic nitrogens is 2. The highest BCUT2D eigenvalue weighted by Gasteiger charge is 2.20. The molecule has 6 rings (SSSR count). The van der Waals surface area contributed by atoms with E-state index in [-0.39, 0.29) is 23.4 Å². The number of pyridine rings is 2. The zero-order chi connectivity index (χ0) is 31.2. The number of fused-ring (bicyclic) bond motifs is 2. The molecule has 0 unspecified atom stereocenters. The number of nitrogens with zero attached hydrogens (tertiary/aromatic N) is 2. The van der Waals surface area contributed by atoms with Gasteiger partial charge >= 0.3 is 5.97 Å². The molecule has 2 fully saturated rings. The van der Waals surface area contributed by atoms with Crippen LogP contribution in [0.3, 0.4) is 0 Å². The summed E-state index contributed by atoms with van der Waals surface area (Å²) in [4.78, 5) is 36.9. The largest absolute Gasteiger partial charge is 0.462 e. The van der Waals surface area contributed by atoms with E-state index in [1.165, 1.54) is 0 Å². The standard InChI is InChI=1S/C19H23NO5.C14H14BrNO3/c1-3-4-7-25-19(22)14-5-6-15-13(2)10-17(21)20(16(15)11-14)12-18-23-8-9-24-18;1-9-6-13(17)16(8-14-18-4-5-19-14)12-7-10(15)2-3-11(9)12/h5-6,10-11,18H,3-4,7-9,12H2,1-2H3;2-3,6-7,14H,4-5,8H2,1H3. The minimum atomic E-state index is -0.441. The molecule has 10 nitrogen and oxygen atoms in total. The molecule has 0 radical (unpaired) electrons. The highest BCUT2D eigenvalue weighted by atomic mass is 79.9. The molecule has 0 bridgehead atoms. The minimum absolute atomic E-state index is 0.0257. The third-order valence-electron chi connectivity index (χ3n) is 7.61. The van der Waals surface area contributed by atoms with Gasteiger partial charge in [0.05, 0.1) is 62.7 Å². The second-order valence-electron chi connectivity index (χ2n) is 10.8. The summed E-state index contributed by atoms with van der Waals surface area (Å²) in [6, 6.07) is 14.5. The van der Waals surface area contributed by atoms with Crippen molar-refractivity contribution in [1.82, 2.24) is 9.13 Å². The lowest BCUT2D eigenvalue weighted by Crippen LogP contribution is -2.27. The van der Waals surface area contributed by atoms with Crippen molar-refractivity contribution in [3.8, 4) is 0 Å². The molecule has 2 saturated heterocycles. The summed E-state index contributed by atoms with van der Waals surface area (Å²) < 4.78 is 31.3. The summed E-state index contributed by atoms with van der Waals surface area (Å²) in [7, 11) is 0. The normalized spacial score (nSPS) is 15.5. The molecule has 0 saturated carbocycles. The van der Waals surface area contributed by atoms with Crippen molar-refractivity contribution in [3.63, 3.8) is 0 Å². The summed E-state index contributed by atoms with van der Waals surface area (Å²) in [6.45, 7) is 9.23. The van der Waals surface area contributed by atoms with Gasteiger partial charge in [0.1, 0.15) is 0 Å². The molecule has 0 N–H and O–H groups in total. The van der Waals surface area contributed by atoms with E-state index >= 15 is 0 Å². The average molecular weight is 670 g/mol. The van der Waals surface area contributed by atoms with Crippen molar-refractivity contribution in [2.75, 3.05) is 33.0 Å². The lowest BCUT2D eigenvalue weighted by molar-refractivity contribution is -0.0525. The topological polar surface area (TPSA) is 107 Å². The molecule has 4 heterocycles. The van der Waals surface area contributed by atoms with Gasteiger partial charge in [0, 0.05) is 27.4 Å². The van der Waals surface area contributed by atoms with Crippen LogP contribution in [0.5, 0.6) is 0 Å². The summed E-state index contributed by atoms with van der Waals surface area (Å²) in [5.41, 5.74) is 3.72. The maximum Gasteiger partial charge on any atom is 0.338 e. The molecule has 2 aromatic carbocycles. The maximum atomic E-state index is 12.5. The van der Waals surface area contributed by atoms with Crippen LogP contribution in [-0.2, 0) is 36.8 Å². The van der Waals surface area contributed by atoms with Crippen LogP contribution in [0.4, 0.5) is 0 Å². The number of ether oxygens (including phenoxy) is 5. The Kier molecular flexibility index (Phi) is 10.7. The molecule has 0 amide bonds. The first-order valence-electron chi connectivity index (χ1n) is 14.8. The predicted molar refractivity (Wildman–Crippen MR) is 170 cm³/mol. The van der Waals surface area contributed by atoms with Crippen molar-refractivity contribution >= 4 is 43.7 Å². The zero-order valence-corrected chi connectivity index (χ0v) is 26.8. The SMILES string of the molecule is CCCCOC(=O)c1ccc2c(C)cc(=O)n(CC3OCCO3)c2c1.Cc1cc(=O)n(CC2OCCO2)c2cc(Br)ccc12. The smallest absolute Gasteiger partial charge is 0.338 e. The fourth-order valence-electron chi connectivity index (χ4n) is 5.29. The van der Waals surface area contributed by atoms with Gasteiger partial charge in [-0.15, -0.1) is 0 Å². The quantitative estimate of drug-likeness (QED) is 0.189. The molecule has 2 aromatic heterocycles. The van der Waals surface area contributed by atoms with E-state index < -0.39 is 6.29 Å². The lowest BCUT2D eigenvalue weighted by Gasteiger charge is -2.16. The predicted octanol–water partition coefficient (Wildman–Crippen LogP) is 5.09. The number of halogens is 1. The van der Waals surface area contributed by atoms with E-state index in [1.807, 2.05) is 45.0 Å². The molecule has 0 atom stereocenters. The number of rotatable bonds is 8. The number of carbonyl (C=O) groups excluding carboxylic acids is 1. The van der Waals surface area contributed by atoms with Crippen molar-refractivity contribution in [2.24, 2.45) is 0 Å². The van der Waals surface area contributed by atoms with Crippen LogP contribution in [0.15, 0.2) is 62.6 Å².